The molecule has 0 aliphatic carbocycles. The van der Waals surface area contributed by atoms with Crippen LogP contribution in [0.25, 0.3) is 10.9 Å². The Labute approximate surface area is 117 Å². The molecule has 0 fully saturated rings. The zero-order chi connectivity index (χ0) is 13.9. The van der Waals surface area contributed by atoms with E-state index in [-0.39, 0.29) is 0 Å². The number of nitrogens with zero attached hydrogens (tertiary/aromatic N) is 2. The van der Waals surface area contributed by atoms with Gasteiger partial charge in [-0.1, -0.05) is 24.3 Å². The summed E-state index contributed by atoms with van der Waals surface area (Å²) < 4.78 is 5.88. The lowest BCUT2D eigenvalue weighted by atomic mass is 10.2. The summed E-state index contributed by atoms with van der Waals surface area (Å²) in [6.07, 6.45) is 0. The van der Waals surface area contributed by atoms with E-state index in [2.05, 4.69) is 11.1 Å². The lowest BCUT2D eigenvalue weighted by Gasteiger charge is -2.09. The van der Waals surface area contributed by atoms with Gasteiger partial charge in [-0.25, -0.2) is 4.98 Å². The summed E-state index contributed by atoms with van der Waals surface area (Å²) in [5, 5.41) is 9.95. The monoisotopic (exact) mass is 260 g/mol. The number of benzene rings is 2. The lowest BCUT2D eigenvalue weighted by molar-refractivity contribution is 0.487. The molecular formula is C17H12N2O. The van der Waals surface area contributed by atoms with Gasteiger partial charge in [0.15, 0.2) is 5.75 Å². The van der Waals surface area contributed by atoms with Crippen LogP contribution in [0, 0.1) is 18.3 Å². The maximum atomic E-state index is 8.92. The van der Waals surface area contributed by atoms with Crippen LogP contribution in [-0.2, 0) is 0 Å². The molecule has 0 saturated heterocycles. The Morgan fingerprint density at radius 3 is 2.75 bits per heavy atom. The summed E-state index contributed by atoms with van der Waals surface area (Å²) in [5.74, 6) is 1.33. The van der Waals surface area contributed by atoms with E-state index in [0.29, 0.717) is 17.1 Å². The van der Waals surface area contributed by atoms with E-state index in [1.807, 2.05) is 43.3 Å². The van der Waals surface area contributed by atoms with Crippen molar-refractivity contribution in [3.8, 4) is 17.6 Å². The van der Waals surface area contributed by atoms with Gasteiger partial charge >= 0.3 is 0 Å². The van der Waals surface area contributed by atoms with Crippen LogP contribution in [0.2, 0.25) is 0 Å². The molecule has 1 aromatic heterocycles. The van der Waals surface area contributed by atoms with Gasteiger partial charge in [0.25, 0.3) is 0 Å². The summed E-state index contributed by atoms with van der Waals surface area (Å²) >= 11 is 0. The van der Waals surface area contributed by atoms with Crippen molar-refractivity contribution in [3.63, 3.8) is 0 Å². The highest BCUT2D eigenvalue weighted by molar-refractivity contribution is 5.84. The van der Waals surface area contributed by atoms with Crippen LogP contribution in [0.1, 0.15) is 11.3 Å². The fraction of sp³-hybridized carbons (Fsp3) is 0.0588. The van der Waals surface area contributed by atoms with E-state index in [9.17, 15) is 0 Å². The van der Waals surface area contributed by atoms with Crippen molar-refractivity contribution in [2.24, 2.45) is 0 Å². The van der Waals surface area contributed by atoms with E-state index in [0.717, 1.165) is 16.6 Å². The van der Waals surface area contributed by atoms with E-state index in [4.69, 9.17) is 10.00 Å². The number of fused-ring (bicyclic) bond motifs is 1. The smallest absolute Gasteiger partial charge is 0.153 e. The third-order valence-corrected chi connectivity index (χ3v) is 3.01. The first-order valence-electron chi connectivity index (χ1n) is 6.31. The molecular weight excluding hydrogens is 248 g/mol. The molecule has 20 heavy (non-hydrogen) atoms. The van der Waals surface area contributed by atoms with Crippen molar-refractivity contribution < 1.29 is 4.74 Å². The van der Waals surface area contributed by atoms with Gasteiger partial charge in [0.1, 0.15) is 11.3 Å². The van der Waals surface area contributed by atoms with Gasteiger partial charge in [-0.15, -0.1) is 0 Å². The number of hydrogen-bond acceptors (Lipinski definition) is 3. The van der Waals surface area contributed by atoms with Gasteiger partial charge in [-0.2, -0.15) is 5.26 Å². The van der Waals surface area contributed by atoms with E-state index < -0.39 is 0 Å². The van der Waals surface area contributed by atoms with Crippen LogP contribution in [-0.4, -0.2) is 4.98 Å². The van der Waals surface area contributed by atoms with Crippen molar-refractivity contribution in [3.05, 3.63) is 65.9 Å². The molecule has 3 heteroatoms. The van der Waals surface area contributed by atoms with Crippen LogP contribution in [0.5, 0.6) is 11.5 Å². The average Bonchev–Trinajstić information content (AvgIpc) is 2.48. The molecule has 0 amide bonds. The molecule has 0 aliphatic rings. The van der Waals surface area contributed by atoms with Crippen LogP contribution in [0.3, 0.4) is 0 Å². The zero-order valence-corrected chi connectivity index (χ0v) is 11.0. The fourth-order valence-corrected chi connectivity index (χ4v) is 2.06. The Morgan fingerprint density at radius 1 is 1.05 bits per heavy atom. The number of hydrogen-bond donors (Lipinski definition) is 0. The molecule has 96 valence electrons. The minimum absolute atomic E-state index is 0.576. The second kappa shape index (κ2) is 5.02. The van der Waals surface area contributed by atoms with Gasteiger partial charge in [0.2, 0.25) is 0 Å². The first-order chi connectivity index (χ1) is 9.76. The molecule has 3 rings (SSSR count). The Kier molecular flexibility index (Phi) is 3.06. The summed E-state index contributed by atoms with van der Waals surface area (Å²) in [4.78, 5) is 4.52. The van der Waals surface area contributed by atoms with Crippen LogP contribution < -0.4 is 4.74 Å². The number of ether oxygens (including phenoxy) is 1. The minimum Gasteiger partial charge on any atom is -0.455 e. The molecule has 0 bridgehead atoms. The predicted molar refractivity (Wildman–Crippen MR) is 77.7 cm³/mol. The Bertz CT molecular complexity index is 819. The Morgan fingerprint density at radius 2 is 1.90 bits per heavy atom. The number of aryl methyl sites for hydroxylation is 1. The SMILES string of the molecule is Cc1ccc2cccc(Oc3cccc(C#N)c3)c2n1. The molecule has 1 heterocycles. The van der Waals surface area contributed by atoms with Crippen molar-refractivity contribution >= 4 is 10.9 Å². The molecule has 0 saturated carbocycles. The molecule has 3 nitrogen and oxygen atoms in total. The Balaban J connectivity index is 2.06. The molecule has 0 N–H and O–H groups in total. The van der Waals surface area contributed by atoms with Crippen molar-refractivity contribution in [2.75, 3.05) is 0 Å². The molecule has 0 spiro atoms. The lowest BCUT2D eigenvalue weighted by Crippen LogP contribution is -1.90. The summed E-state index contributed by atoms with van der Waals surface area (Å²) in [6.45, 7) is 1.95. The highest BCUT2D eigenvalue weighted by Gasteiger charge is 2.05. The molecule has 0 atom stereocenters. The molecule has 0 unspecified atom stereocenters. The Hall–Kier alpha value is -2.86. The van der Waals surface area contributed by atoms with Crippen LogP contribution in [0.15, 0.2) is 54.6 Å². The van der Waals surface area contributed by atoms with Gasteiger partial charge in [0.05, 0.1) is 11.6 Å². The van der Waals surface area contributed by atoms with Crippen molar-refractivity contribution in [1.82, 2.24) is 4.98 Å². The predicted octanol–water partition coefficient (Wildman–Crippen LogP) is 4.21. The number of para-hydroxylation sites is 1. The molecule has 3 aromatic rings. The summed E-state index contributed by atoms with van der Waals surface area (Å²) in [5.41, 5.74) is 2.35. The number of nitriles is 1. The van der Waals surface area contributed by atoms with Crippen molar-refractivity contribution in [1.29, 1.82) is 5.26 Å². The third-order valence-electron chi connectivity index (χ3n) is 3.01. The quantitative estimate of drug-likeness (QED) is 0.693. The standard InChI is InChI=1S/C17H12N2O/c1-12-8-9-14-5-3-7-16(17(14)19-12)20-15-6-2-4-13(10-15)11-18/h2-10H,1H3. The normalized spacial score (nSPS) is 10.2. The maximum absolute atomic E-state index is 8.92. The maximum Gasteiger partial charge on any atom is 0.153 e. The van der Waals surface area contributed by atoms with E-state index in [1.54, 1.807) is 18.2 Å². The zero-order valence-electron chi connectivity index (χ0n) is 11.0. The van der Waals surface area contributed by atoms with E-state index in [1.165, 1.54) is 0 Å². The third kappa shape index (κ3) is 2.32. The highest BCUT2D eigenvalue weighted by atomic mass is 16.5. The number of pyridine rings is 1. The largest absolute Gasteiger partial charge is 0.455 e. The second-order valence-electron chi connectivity index (χ2n) is 4.52. The first-order valence-corrected chi connectivity index (χ1v) is 6.31. The second-order valence-corrected chi connectivity index (χ2v) is 4.52. The molecule has 0 aliphatic heterocycles. The highest BCUT2D eigenvalue weighted by Crippen LogP contribution is 2.29. The van der Waals surface area contributed by atoms with Gasteiger partial charge < -0.3 is 4.74 Å². The van der Waals surface area contributed by atoms with Crippen molar-refractivity contribution in [2.45, 2.75) is 6.92 Å². The molecule has 2 aromatic carbocycles. The number of rotatable bonds is 2. The fourth-order valence-electron chi connectivity index (χ4n) is 2.06. The van der Waals surface area contributed by atoms with Gasteiger partial charge in [-0.05, 0) is 37.3 Å². The van der Waals surface area contributed by atoms with Gasteiger partial charge in [-0.3, -0.25) is 0 Å². The first kappa shape index (κ1) is 12.2. The van der Waals surface area contributed by atoms with Gasteiger partial charge in [0, 0.05) is 11.1 Å². The van der Waals surface area contributed by atoms with Crippen LogP contribution in [0.4, 0.5) is 0 Å². The topological polar surface area (TPSA) is 45.9 Å². The number of aromatic nitrogens is 1. The van der Waals surface area contributed by atoms with Crippen LogP contribution >= 0.6 is 0 Å². The molecule has 0 radical (unpaired) electrons. The van der Waals surface area contributed by atoms with E-state index >= 15 is 0 Å². The summed E-state index contributed by atoms with van der Waals surface area (Å²) in [7, 11) is 0. The minimum atomic E-state index is 0.576. The summed E-state index contributed by atoms with van der Waals surface area (Å²) in [6, 6.07) is 19.0. The average molecular weight is 260 g/mol.